The monoisotopic (exact) mass is 765 g/mol. The predicted octanol–water partition coefficient (Wildman–Crippen LogP) is 8.49. The van der Waals surface area contributed by atoms with E-state index in [1.54, 1.807) is 0 Å². The molecule has 1 saturated heterocycles. The first-order chi connectivity index (χ1) is 26.3. The molecule has 312 valence electrons. The molecule has 6 atom stereocenters. The Hall–Kier alpha value is -2.34. The number of carbonyl (C=O) groups excluding carboxylic acids is 2. The lowest BCUT2D eigenvalue weighted by Gasteiger charge is -2.39. The van der Waals surface area contributed by atoms with E-state index in [9.17, 15) is 30.0 Å². The molecule has 0 aromatic heterocycles. The summed E-state index contributed by atoms with van der Waals surface area (Å²) in [5, 5.41) is 40.0. The molecule has 10 heteroatoms. The lowest BCUT2D eigenvalue weighted by atomic mass is 9.99. The number of aliphatic hydroxyl groups is 4. The van der Waals surface area contributed by atoms with Crippen LogP contribution in [0.25, 0.3) is 0 Å². The Kier molecular flexibility index (Phi) is 32.3. The molecular weight excluding hydrogens is 688 g/mol. The van der Waals surface area contributed by atoms with Crippen molar-refractivity contribution in [3.8, 4) is 0 Å². The number of esters is 2. The molecule has 0 saturated carbocycles. The van der Waals surface area contributed by atoms with Gasteiger partial charge >= 0.3 is 11.9 Å². The van der Waals surface area contributed by atoms with Crippen LogP contribution in [0, 0.1) is 0 Å². The van der Waals surface area contributed by atoms with Gasteiger partial charge in [0.15, 0.2) is 12.4 Å². The highest BCUT2D eigenvalue weighted by molar-refractivity contribution is 5.70. The topological polar surface area (TPSA) is 152 Å². The van der Waals surface area contributed by atoms with E-state index in [0.29, 0.717) is 12.8 Å². The highest BCUT2D eigenvalue weighted by atomic mass is 16.7. The summed E-state index contributed by atoms with van der Waals surface area (Å²) in [6.45, 7) is 3.26. The maximum Gasteiger partial charge on any atom is 0.306 e. The van der Waals surface area contributed by atoms with Crippen LogP contribution in [0.15, 0.2) is 48.6 Å². The minimum absolute atomic E-state index is 0.222. The zero-order valence-corrected chi connectivity index (χ0v) is 33.7. The molecule has 1 aliphatic heterocycles. The summed E-state index contributed by atoms with van der Waals surface area (Å²) in [6, 6.07) is 0. The molecule has 0 spiro atoms. The number of hydrogen-bond donors (Lipinski definition) is 4. The van der Waals surface area contributed by atoms with E-state index in [4.69, 9.17) is 18.9 Å². The van der Waals surface area contributed by atoms with E-state index in [1.807, 2.05) is 0 Å². The van der Waals surface area contributed by atoms with Crippen LogP contribution < -0.4 is 0 Å². The summed E-state index contributed by atoms with van der Waals surface area (Å²) in [6.07, 6.45) is 32.6. The number of ether oxygens (including phenoxy) is 4. The third-order valence-corrected chi connectivity index (χ3v) is 9.48. The minimum Gasteiger partial charge on any atom is -0.462 e. The summed E-state index contributed by atoms with van der Waals surface area (Å²) in [5.41, 5.74) is 0. The Morgan fingerprint density at radius 3 is 1.65 bits per heavy atom. The van der Waals surface area contributed by atoms with Gasteiger partial charge in [-0.3, -0.25) is 9.59 Å². The molecule has 4 N–H and O–H groups in total. The summed E-state index contributed by atoms with van der Waals surface area (Å²) in [4.78, 5) is 25.2. The predicted molar refractivity (Wildman–Crippen MR) is 215 cm³/mol. The molecule has 0 bridgehead atoms. The smallest absolute Gasteiger partial charge is 0.306 e. The van der Waals surface area contributed by atoms with Crippen molar-refractivity contribution >= 4 is 11.9 Å². The van der Waals surface area contributed by atoms with Gasteiger partial charge in [0.25, 0.3) is 0 Å². The molecular formula is C44H76O10. The summed E-state index contributed by atoms with van der Waals surface area (Å²) in [5.74, 6) is -0.855. The molecule has 0 aliphatic carbocycles. The van der Waals surface area contributed by atoms with Gasteiger partial charge in [-0.05, 0) is 51.4 Å². The zero-order chi connectivity index (χ0) is 39.5. The SMILES string of the molecule is CC/C=C/C/C=C/C/C=C/C/C=C/CCCCC(=O)OC[C@@H](CO[C@H]1O[C@@H](CO)[C@@H](O)C(O)C1O)OC(=O)CCCCCCCCCCCCCCCC. The highest BCUT2D eigenvalue weighted by Gasteiger charge is 2.44. The average Bonchev–Trinajstić information content (AvgIpc) is 3.17. The van der Waals surface area contributed by atoms with E-state index in [0.717, 1.165) is 57.8 Å². The molecule has 54 heavy (non-hydrogen) atoms. The van der Waals surface area contributed by atoms with Crippen LogP contribution in [-0.2, 0) is 28.5 Å². The number of aliphatic hydroxyl groups excluding tert-OH is 4. The molecule has 0 radical (unpaired) electrons. The van der Waals surface area contributed by atoms with Gasteiger partial charge in [-0.1, -0.05) is 146 Å². The molecule has 0 aromatic rings. The second-order valence-electron chi connectivity index (χ2n) is 14.4. The fourth-order valence-corrected chi connectivity index (χ4v) is 6.12. The summed E-state index contributed by atoms with van der Waals surface area (Å²) in [7, 11) is 0. The molecule has 1 rings (SSSR count). The van der Waals surface area contributed by atoms with Crippen molar-refractivity contribution < 1.29 is 49.0 Å². The number of unbranched alkanes of at least 4 members (excludes halogenated alkanes) is 15. The van der Waals surface area contributed by atoms with Crippen molar-refractivity contribution in [2.75, 3.05) is 19.8 Å². The quantitative estimate of drug-likeness (QED) is 0.0285. The number of carbonyl (C=O) groups is 2. The van der Waals surface area contributed by atoms with E-state index < -0.39 is 55.4 Å². The van der Waals surface area contributed by atoms with Gasteiger partial charge in [0, 0.05) is 12.8 Å². The van der Waals surface area contributed by atoms with Crippen LogP contribution in [0.2, 0.25) is 0 Å². The number of hydrogen-bond acceptors (Lipinski definition) is 10. The fourth-order valence-electron chi connectivity index (χ4n) is 6.12. The van der Waals surface area contributed by atoms with Gasteiger partial charge in [0.2, 0.25) is 0 Å². The standard InChI is InChI=1S/C44H76O10/c1-3-5-7-9-11-13-15-17-19-21-22-24-26-28-30-32-39(46)51-35-37(36-52-44-43(50)42(49)41(48)38(34-45)54-44)53-40(47)33-31-29-27-25-23-20-18-16-14-12-10-8-6-4-2/h5,7,11,13,17,19,22,24,37-38,41-45,48-50H,3-4,6,8-10,12,14-16,18,20-21,23,25-36H2,1-2H3/b7-5+,13-11+,19-17+,24-22+/t37-,38-,41+,42?,43?,44-/m0/s1. The van der Waals surface area contributed by atoms with Gasteiger partial charge < -0.3 is 39.4 Å². The van der Waals surface area contributed by atoms with Gasteiger partial charge in [-0.2, -0.15) is 0 Å². The van der Waals surface area contributed by atoms with Crippen LogP contribution >= 0.6 is 0 Å². The maximum atomic E-state index is 12.7. The summed E-state index contributed by atoms with van der Waals surface area (Å²) >= 11 is 0. The molecule has 0 aromatic carbocycles. The third kappa shape index (κ3) is 26.5. The molecule has 2 unspecified atom stereocenters. The highest BCUT2D eigenvalue weighted by Crippen LogP contribution is 2.22. The Labute approximate surface area is 327 Å². The van der Waals surface area contributed by atoms with E-state index in [2.05, 4.69) is 62.5 Å². The second kappa shape index (κ2) is 35.1. The Morgan fingerprint density at radius 1 is 0.593 bits per heavy atom. The summed E-state index contributed by atoms with van der Waals surface area (Å²) < 4.78 is 22.1. The molecule has 1 heterocycles. The van der Waals surface area contributed by atoms with Gasteiger partial charge in [0.1, 0.15) is 31.0 Å². The van der Waals surface area contributed by atoms with Crippen LogP contribution in [-0.4, -0.2) is 89.0 Å². The van der Waals surface area contributed by atoms with Crippen molar-refractivity contribution in [2.24, 2.45) is 0 Å². The van der Waals surface area contributed by atoms with Crippen molar-refractivity contribution in [3.63, 3.8) is 0 Å². The normalized spacial score (nSPS) is 21.2. The van der Waals surface area contributed by atoms with E-state index in [1.165, 1.54) is 64.2 Å². The Morgan fingerprint density at radius 2 is 1.09 bits per heavy atom. The average molecular weight is 765 g/mol. The largest absolute Gasteiger partial charge is 0.462 e. The Balaban J connectivity index is 2.39. The fraction of sp³-hybridized carbons (Fsp3) is 0.773. The van der Waals surface area contributed by atoms with Crippen LogP contribution in [0.5, 0.6) is 0 Å². The maximum absolute atomic E-state index is 12.7. The van der Waals surface area contributed by atoms with E-state index >= 15 is 0 Å². The van der Waals surface area contributed by atoms with Crippen LogP contribution in [0.1, 0.15) is 162 Å². The van der Waals surface area contributed by atoms with Crippen molar-refractivity contribution in [3.05, 3.63) is 48.6 Å². The van der Waals surface area contributed by atoms with Gasteiger partial charge in [-0.15, -0.1) is 0 Å². The van der Waals surface area contributed by atoms with E-state index in [-0.39, 0.29) is 26.1 Å². The van der Waals surface area contributed by atoms with Crippen LogP contribution in [0.3, 0.4) is 0 Å². The molecule has 10 nitrogen and oxygen atoms in total. The first-order valence-electron chi connectivity index (χ1n) is 21.2. The zero-order valence-electron chi connectivity index (χ0n) is 33.7. The molecule has 0 amide bonds. The van der Waals surface area contributed by atoms with Crippen molar-refractivity contribution in [2.45, 2.75) is 198 Å². The first-order valence-corrected chi connectivity index (χ1v) is 21.2. The van der Waals surface area contributed by atoms with Crippen LogP contribution in [0.4, 0.5) is 0 Å². The number of allylic oxidation sites excluding steroid dienone is 8. The lowest BCUT2D eigenvalue weighted by Crippen LogP contribution is -2.59. The second-order valence-corrected chi connectivity index (χ2v) is 14.4. The van der Waals surface area contributed by atoms with Crippen molar-refractivity contribution in [1.82, 2.24) is 0 Å². The minimum atomic E-state index is -1.60. The molecule has 1 fully saturated rings. The van der Waals surface area contributed by atoms with Crippen molar-refractivity contribution in [1.29, 1.82) is 0 Å². The lowest BCUT2D eigenvalue weighted by molar-refractivity contribution is -0.305. The third-order valence-electron chi connectivity index (χ3n) is 9.48. The Bertz CT molecular complexity index is 1020. The molecule has 1 aliphatic rings. The van der Waals surface area contributed by atoms with Gasteiger partial charge in [0.05, 0.1) is 13.2 Å². The first kappa shape index (κ1) is 49.7. The number of rotatable bonds is 34. The van der Waals surface area contributed by atoms with Gasteiger partial charge in [-0.25, -0.2) is 0 Å².